The Morgan fingerprint density at radius 3 is 3.00 bits per heavy atom. The zero-order chi connectivity index (χ0) is 12.3. The van der Waals surface area contributed by atoms with E-state index in [1.807, 2.05) is 6.20 Å². The van der Waals surface area contributed by atoms with Crippen molar-refractivity contribution < 1.29 is 0 Å². The average Bonchev–Trinajstić information content (AvgIpc) is 2.29. The van der Waals surface area contributed by atoms with Gasteiger partial charge in [0.25, 0.3) is 0 Å². The monoisotopic (exact) mass is 253 g/mol. The minimum Gasteiger partial charge on any atom is -0.355 e. The summed E-state index contributed by atoms with van der Waals surface area (Å²) in [5.74, 6) is 0.916. The second-order valence-corrected chi connectivity index (χ2v) is 5.67. The van der Waals surface area contributed by atoms with Crippen LogP contribution in [0.2, 0.25) is 5.15 Å². The standard InChI is InChI=1S/C13H20ClN3/c1-3-5-13(2)6-4-7-17(10-13)12-9-15-8-11(14)16-12/h8-9H,3-7,10H2,1-2H3. The number of hydrogen-bond donors (Lipinski definition) is 0. The minimum absolute atomic E-state index is 0.414. The van der Waals surface area contributed by atoms with Gasteiger partial charge in [0.1, 0.15) is 11.0 Å². The van der Waals surface area contributed by atoms with Gasteiger partial charge in [0, 0.05) is 13.1 Å². The first-order valence-corrected chi connectivity index (χ1v) is 6.73. The molecule has 0 saturated carbocycles. The van der Waals surface area contributed by atoms with Gasteiger partial charge in [-0.1, -0.05) is 31.9 Å². The molecule has 0 amide bonds. The second kappa shape index (κ2) is 5.21. The fraction of sp³-hybridized carbons (Fsp3) is 0.692. The van der Waals surface area contributed by atoms with E-state index in [1.54, 1.807) is 6.20 Å². The third kappa shape index (κ3) is 3.09. The van der Waals surface area contributed by atoms with E-state index < -0.39 is 0 Å². The fourth-order valence-corrected chi connectivity index (χ4v) is 2.95. The summed E-state index contributed by atoms with van der Waals surface area (Å²) in [5.41, 5.74) is 0.414. The Bertz CT molecular complexity index is 379. The summed E-state index contributed by atoms with van der Waals surface area (Å²) in [6, 6.07) is 0. The molecule has 1 aliphatic rings. The predicted molar refractivity (Wildman–Crippen MR) is 71.5 cm³/mol. The van der Waals surface area contributed by atoms with Crippen molar-refractivity contribution in [3.8, 4) is 0 Å². The SMILES string of the molecule is CCCC1(C)CCCN(c2cncc(Cl)n2)C1. The molecule has 0 aromatic carbocycles. The van der Waals surface area contributed by atoms with Crippen molar-refractivity contribution in [3.05, 3.63) is 17.5 Å². The van der Waals surface area contributed by atoms with Gasteiger partial charge in [-0.25, -0.2) is 4.98 Å². The molecule has 3 nitrogen and oxygen atoms in total. The Hall–Kier alpha value is -0.830. The molecule has 0 spiro atoms. The van der Waals surface area contributed by atoms with Crippen LogP contribution in [0.3, 0.4) is 0 Å². The average molecular weight is 254 g/mol. The molecular weight excluding hydrogens is 234 g/mol. The summed E-state index contributed by atoms with van der Waals surface area (Å²) in [4.78, 5) is 10.8. The zero-order valence-electron chi connectivity index (χ0n) is 10.6. The van der Waals surface area contributed by atoms with E-state index in [4.69, 9.17) is 11.6 Å². The first kappa shape index (κ1) is 12.6. The highest BCUT2D eigenvalue weighted by Gasteiger charge is 2.30. The van der Waals surface area contributed by atoms with Crippen LogP contribution in [0.5, 0.6) is 0 Å². The molecule has 2 heterocycles. The molecule has 1 aliphatic heterocycles. The van der Waals surface area contributed by atoms with Gasteiger partial charge in [-0.05, 0) is 24.7 Å². The maximum absolute atomic E-state index is 5.90. The number of halogens is 1. The van der Waals surface area contributed by atoms with Crippen molar-refractivity contribution in [2.75, 3.05) is 18.0 Å². The van der Waals surface area contributed by atoms with Crippen LogP contribution in [0.15, 0.2) is 12.4 Å². The summed E-state index contributed by atoms with van der Waals surface area (Å²) in [6.07, 6.45) is 8.45. The molecule has 2 rings (SSSR count). The number of rotatable bonds is 3. The summed E-state index contributed by atoms with van der Waals surface area (Å²) in [5, 5.41) is 0.477. The highest BCUT2D eigenvalue weighted by Crippen LogP contribution is 2.35. The lowest BCUT2D eigenvalue weighted by Gasteiger charge is -2.41. The van der Waals surface area contributed by atoms with E-state index in [0.717, 1.165) is 18.9 Å². The van der Waals surface area contributed by atoms with Crippen molar-refractivity contribution in [1.29, 1.82) is 0 Å². The third-order valence-electron chi connectivity index (χ3n) is 3.55. The van der Waals surface area contributed by atoms with Crippen LogP contribution >= 0.6 is 11.6 Å². The summed E-state index contributed by atoms with van der Waals surface area (Å²) in [6.45, 7) is 6.76. The van der Waals surface area contributed by atoms with E-state index >= 15 is 0 Å². The number of nitrogens with zero attached hydrogens (tertiary/aromatic N) is 3. The van der Waals surface area contributed by atoms with Gasteiger partial charge in [0.05, 0.1) is 12.4 Å². The van der Waals surface area contributed by atoms with Gasteiger partial charge in [0.15, 0.2) is 0 Å². The lowest BCUT2D eigenvalue weighted by molar-refractivity contribution is 0.238. The largest absolute Gasteiger partial charge is 0.355 e. The molecule has 1 aromatic rings. The van der Waals surface area contributed by atoms with Crippen LogP contribution in [-0.4, -0.2) is 23.1 Å². The molecule has 0 N–H and O–H groups in total. The number of anilines is 1. The van der Waals surface area contributed by atoms with Crippen LogP contribution in [0.25, 0.3) is 0 Å². The number of hydrogen-bond acceptors (Lipinski definition) is 3. The van der Waals surface area contributed by atoms with E-state index in [9.17, 15) is 0 Å². The molecule has 1 fully saturated rings. The Balaban J connectivity index is 2.12. The molecule has 94 valence electrons. The third-order valence-corrected chi connectivity index (χ3v) is 3.73. The fourth-order valence-electron chi connectivity index (χ4n) is 2.80. The Kier molecular flexibility index (Phi) is 3.87. The Morgan fingerprint density at radius 1 is 1.47 bits per heavy atom. The summed E-state index contributed by atoms with van der Waals surface area (Å²) >= 11 is 5.90. The molecule has 0 radical (unpaired) electrons. The van der Waals surface area contributed by atoms with E-state index in [0.29, 0.717) is 10.6 Å². The summed E-state index contributed by atoms with van der Waals surface area (Å²) < 4.78 is 0. The highest BCUT2D eigenvalue weighted by atomic mass is 35.5. The van der Waals surface area contributed by atoms with Gasteiger partial charge < -0.3 is 4.90 Å². The highest BCUT2D eigenvalue weighted by molar-refractivity contribution is 6.29. The van der Waals surface area contributed by atoms with Gasteiger partial charge in [-0.15, -0.1) is 0 Å². The van der Waals surface area contributed by atoms with Gasteiger partial charge in [-0.2, -0.15) is 0 Å². The van der Waals surface area contributed by atoms with Gasteiger partial charge >= 0.3 is 0 Å². The smallest absolute Gasteiger partial charge is 0.149 e. The maximum atomic E-state index is 5.90. The van der Waals surface area contributed by atoms with Crippen molar-refractivity contribution in [1.82, 2.24) is 9.97 Å². The first-order chi connectivity index (χ1) is 8.13. The number of aromatic nitrogens is 2. The molecule has 1 saturated heterocycles. The Labute approximate surface area is 108 Å². The molecule has 1 aromatic heterocycles. The van der Waals surface area contributed by atoms with Crippen LogP contribution in [0.4, 0.5) is 5.82 Å². The molecule has 17 heavy (non-hydrogen) atoms. The molecule has 1 unspecified atom stereocenters. The van der Waals surface area contributed by atoms with Crippen LogP contribution in [0.1, 0.15) is 39.5 Å². The normalized spacial score (nSPS) is 25.0. The minimum atomic E-state index is 0.414. The lowest BCUT2D eigenvalue weighted by atomic mass is 9.78. The lowest BCUT2D eigenvalue weighted by Crippen LogP contribution is -2.42. The van der Waals surface area contributed by atoms with E-state index in [-0.39, 0.29) is 0 Å². The quantitative estimate of drug-likeness (QED) is 0.825. The van der Waals surface area contributed by atoms with Crippen LogP contribution in [-0.2, 0) is 0 Å². The van der Waals surface area contributed by atoms with Crippen molar-refractivity contribution in [2.24, 2.45) is 5.41 Å². The van der Waals surface area contributed by atoms with E-state index in [2.05, 4.69) is 28.7 Å². The van der Waals surface area contributed by atoms with Crippen LogP contribution in [0, 0.1) is 5.41 Å². The first-order valence-electron chi connectivity index (χ1n) is 6.35. The molecule has 0 bridgehead atoms. The predicted octanol–water partition coefficient (Wildman–Crippen LogP) is 3.54. The van der Waals surface area contributed by atoms with E-state index in [1.165, 1.54) is 25.7 Å². The van der Waals surface area contributed by atoms with Crippen molar-refractivity contribution in [3.63, 3.8) is 0 Å². The number of piperidine rings is 1. The van der Waals surface area contributed by atoms with Gasteiger partial charge in [-0.3, -0.25) is 4.98 Å². The molecule has 0 aliphatic carbocycles. The maximum Gasteiger partial charge on any atom is 0.149 e. The Morgan fingerprint density at radius 2 is 2.29 bits per heavy atom. The van der Waals surface area contributed by atoms with Gasteiger partial charge in [0.2, 0.25) is 0 Å². The molecule has 1 atom stereocenters. The van der Waals surface area contributed by atoms with Crippen molar-refractivity contribution >= 4 is 17.4 Å². The topological polar surface area (TPSA) is 29.0 Å². The second-order valence-electron chi connectivity index (χ2n) is 5.29. The van der Waals surface area contributed by atoms with Crippen molar-refractivity contribution in [2.45, 2.75) is 39.5 Å². The zero-order valence-corrected chi connectivity index (χ0v) is 11.4. The summed E-state index contributed by atoms with van der Waals surface area (Å²) in [7, 11) is 0. The molecule has 4 heteroatoms. The van der Waals surface area contributed by atoms with Crippen LogP contribution < -0.4 is 4.90 Å². The molecular formula is C13H20ClN3.